The number of nitrogens with one attached hydrogen (secondary N) is 1. The number of amides is 1. The number of carbonyl (C=O) groups is 2. The normalized spacial score (nSPS) is 11.3. The van der Waals surface area contributed by atoms with Crippen molar-refractivity contribution in [3.63, 3.8) is 0 Å². The maximum Gasteiger partial charge on any atom is 0.330 e. The van der Waals surface area contributed by atoms with E-state index in [-0.39, 0.29) is 5.91 Å². The molecule has 0 aliphatic heterocycles. The molecule has 100 valence electrons. The van der Waals surface area contributed by atoms with Gasteiger partial charge in [-0.25, -0.2) is 4.79 Å². The van der Waals surface area contributed by atoms with Crippen LogP contribution in [-0.4, -0.2) is 24.5 Å². The van der Waals surface area contributed by atoms with Crippen molar-refractivity contribution < 1.29 is 14.3 Å². The lowest BCUT2D eigenvalue weighted by Crippen LogP contribution is -2.50. The number of rotatable bonds is 3. The molecule has 0 unspecified atom stereocenters. The number of ether oxygens (including phenoxy) is 1. The number of hydrogen-bond acceptors (Lipinski definition) is 4. The van der Waals surface area contributed by atoms with Crippen LogP contribution in [0.2, 0.25) is 0 Å². The third kappa shape index (κ3) is 2.76. The first-order valence-corrected chi connectivity index (χ1v) is 6.65. The molecule has 5 heteroatoms. The Morgan fingerprint density at radius 1 is 1.26 bits per heavy atom. The molecule has 1 aromatic carbocycles. The third-order valence-corrected chi connectivity index (χ3v) is 3.89. The lowest BCUT2D eigenvalue weighted by molar-refractivity contribution is -0.146. The van der Waals surface area contributed by atoms with Crippen LogP contribution in [0.4, 0.5) is 0 Å². The fourth-order valence-electron chi connectivity index (χ4n) is 1.75. The summed E-state index contributed by atoms with van der Waals surface area (Å²) in [5.41, 5.74) is -1.04. The minimum atomic E-state index is -1.04. The van der Waals surface area contributed by atoms with Crippen LogP contribution in [0, 0.1) is 0 Å². The largest absolute Gasteiger partial charge is 0.467 e. The van der Waals surface area contributed by atoms with E-state index < -0.39 is 11.5 Å². The summed E-state index contributed by atoms with van der Waals surface area (Å²) >= 11 is 1.40. The number of carbonyl (C=O) groups excluding carboxylic acids is 2. The Hall–Kier alpha value is -1.88. The van der Waals surface area contributed by atoms with Gasteiger partial charge in [0.05, 0.1) is 12.0 Å². The summed E-state index contributed by atoms with van der Waals surface area (Å²) < 4.78 is 5.71. The van der Waals surface area contributed by atoms with E-state index in [1.807, 2.05) is 30.3 Å². The van der Waals surface area contributed by atoms with Crippen molar-refractivity contribution in [3.05, 3.63) is 35.2 Å². The van der Waals surface area contributed by atoms with Gasteiger partial charge in [0, 0.05) is 4.70 Å². The molecule has 1 amide bonds. The fourth-order valence-corrected chi connectivity index (χ4v) is 2.70. The highest BCUT2D eigenvalue weighted by molar-refractivity contribution is 7.20. The van der Waals surface area contributed by atoms with Gasteiger partial charge in [-0.2, -0.15) is 0 Å². The monoisotopic (exact) mass is 277 g/mol. The minimum Gasteiger partial charge on any atom is -0.467 e. The second-order valence-electron chi connectivity index (χ2n) is 4.72. The zero-order chi connectivity index (χ0) is 14.0. The standard InChI is InChI=1S/C14H15NO3S/c1-14(2,13(17)18-3)15-12(16)11-8-9-6-4-5-7-10(9)19-11/h4-8H,1-3H3,(H,15,16). The second-order valence-corrected chi connectivity index (χ2v) is 5.80. The predicted molar refractivity (Wildman–Crippen MR) is 75.4 cm³/mol. The summed E-state index contributed by atoms with van der Waals surface area (Å²) in [6.45, 7) is 3.23. The van der Waals surface area contributed by atoms with Gasteiger partial charge >= 0.3 is 5.97 Å². The molecule has 1 heterocycles. The van der Waals surface area contributed by atoms with Crippen molar-refractivity contribution in [2.45, 2.75) is 19.4 Å². The van der Waals surface area contributed by atoms with Gasteiger partial charge in [0.15, 0.2) is 0 Å². The minimum absolute atomic E-state index is 0.267. The van der Waals surface area contributed by atoms with Gasteiger partial charge < -0.3 is 10.1 Å². The number of hydrogen-bond donors (Lipinski definition) is 1. The highest BCUT2D eigenvalue weighted by atomic mass is 32.1. The Kier molecular flexibility index (Phi) is 3.57. The molecule has 0 spiro atoms. The summed E-state index contributed by atoms with van der Waals surface area (Å²) in [7, 11) is 1.30. The maximum absolute atomic E-state index is 12.1. The van der Waals surface area contributed by atoms with E-state index in [1.54, 1.807) is 13.8 Å². The van der Waals surface area contributed by atoms with Crippen molar-refractivity contribution in [2.75, 3.05) is 7.11 Å². The molecule has 0 atom stereocenters. The number of esters is 1. The van der Waals surface area contributed by atoms with E-state index in [0.717, 1.165) is 10.1 Å². The van der Waals surface area contributed by atoms with E-state index in [2.05, 4.69) is 10.1 Å². The molecule has 0 aliphatic carbocycles. The van der Waals surface area contributed by atoms with E-state index in [4.69, 9.17) is 0 Å². The zero-order valence-corrected chi connectivity index (χ0v) is 11.8. The molecule has 0 bridgehead atoms. The fraction of sp³-hybridized carbons (Fsp3) is 0.286. The topological polar surface area (TPSA) is 55.4 Å². The zero-order valence-electron chi connectivity index (χ0n) is 11.0. The molecule has 0 fully saturated rings. The van der Waals surface area contributed by atoms with Crippen LogP contribution in [-0.2, 0) is 9.53 Å². The molecule has 1 aromatic heterocycles. The van der Waals surface area contributed by atoms with Gasteiger partial charge in [0.25, 0.3) is 5.91 Å². The first-order valence-electron chi connectivity index (χ1n) is 5.83. The highest BCUT2D eigenvalue weighted by Gasteiger charge is 2.31. The van der Waals surface area contributed by atoms with E-state index >= 15 is 0 Å². The number of methoxy groups -OCH3 is 1. The molecular weight excluding hydrogens is 262 g/mol. The first kappa shape index (κ1) is 13.5. The van der Waals surface area contributed by atoms with E-state index in [9.17, 15) is 9.59 Å². The Bertz CT molecular complexity index is 597. The Morgan fingerprint density at radius 3 is 2.58 bits per heavy atom. The molecule has 2 rings (SSSR count). The molecule has 2 aromatic rings. The molecule has 0 radical (unpaired) electrons. The molecule has 1 N–H and O–H groups in total. The SMILES string of the molecule is COC(=O)C(C)(C)NC(=O)c1cc2ccccc2s1. The molecule has 0 aliphatic rings. The molecule has 0 saturated heterocycles. The van der Waals surface area contributed by atoms with Crippen molar-refractivity contribution in [1.29, 1.82) is 0 Å². The molecule has 4 nitrogen and oxygen atoms in total. The van der Waals surface area contributed by atoms with Gasteiger partial charge in [0.1, 0.15) is 5.54 Å². The van der Waals surface area contributed by atoms with Gasteiger partial charge in [-0.3, -0.25) is 4.79 Å². The number of fused-ring (bicyclic) bond motifs is 1. The lowest BCUT2D eigenvalue weighted by atomic mass is 10.1. The van der Waals surface area contributed by atoms with Crippen LogP contribution in [0.15, 0.2) is 30.3 Å². The summed E-state index contributed by atoms with van der Waals surface area (Å²) in [6.07, 6.45) is 0. The first-order chi connectivity index (χ1) is 8.94. The van der Waals surface area contributed by atoms with Crippen molar-refractivity contribution >= 4 is 33.3 Å². The predicted octanol–water partition coefficient (Wildman–Crippen LogP) is 2.58. The Labute approximate surface area is 115 Å². The number of thiophene rings is 1. The van der Waals surface area contributed by atoms with Crippen molar-refractivity contribution in [1.82, 2.24) is 5.32 Å². The van der Waals surface area contributed by atoms with Crippen molar-refractivity contribution in [2.24, 2.45) is 0 Å². The average Bonchev–Trinajstić information content (AvgIpc) is 2.81. The highest BCUT2D eigenvalue weighted by Crippen LogP contribution is 2.25. The Morgan fingerprint density at radius 2 is 1.95 bits per heavy atom. The lowest BCUT2D eigenvalue weighted by Gasteiger charge is -2.22. The summed E-state index contributed by atoms with van der Waals surface area (Å²) in [5, 5.41) is 3.70. The number of benzene rings is 1. The summed E-state index contributed by atoms with van der Waals surface area (Å²) in [4.78, 5) is 24.3. The van der Waals surface area contributed by atoms with Crippen LogP contribution in [0.5, 0.6) is 0 Å². The van der Waals surface area contributed by atoms with Gasteiger partial charge in [-0.05, 0) is 31.4 Å². The molecular formula is C14H15NO3S. The molecule has 19 heavy (non-hydrogen) atoms. The van der Waals surface area contributed by atoms with E-state index in [1.165, 1.54) is 18.4 Å². The van der Waals surface area contributed by atoms with Crippen LogP contribution >= 0.6 is 11.3 Å². The Balaban J connectivity index is 2.22. The van der Waals surface area contributed by atoms with Crippen LogP contribution < -0.4 is 5.32 Å². The van der Waals surface area contributed by atoms with Crippen LogP contribution in [0.3, 0.4) is 0 Å². The van der Waals surface area contributed by atoms with Crippen LogP contribution in [0.1, 0.15) is 23.5 Å². The van der Waals surface area contributed by atoms with E-state index in [0.29, 0.717) is 4.88 Å². The van der Waals surface area contributed by atoms with Gasteiger partial charge in [-0.1, -0.05) is 18.2 Å². The van der Waals surface area contributed by atoms with Crippen molar-refractivity contribution in [3.8, 4) is 0 Å². The molecule has 0 saturated carbocycles. The van der Waals surface area contributed by atoms with Gasteiger partial charge in [0.2, 0.25) is 0 Å². The quantitative estimate of drug-likeness (QED) is 0.877. The maximum atomic E-state index is 12.1. The summed E-state index contributed by atoms with van der Waals surface area (Å²) in [6, 6.07) is 9.59. The second kappa shape index (κ2) is 5.01. The van der Waals surface area contributed by atoms with Gasteiger partial charge in [-0.15, -0.1) is 11.3 Å². The summed E-state index contributed by atoms with van der Waals surface area (Å²) in [5.74, 6) is -0.737. The average molecular weight is 277 g/mol. The smallest absolute Gasteiger partial charge is 0.330 e. The van der Waals surface area contributed by atoms with Crippen LogP contribution in [0.25, 0.3) is 10.1 Å². The third-order valence-electron chi connectivity index (χ3n) is 2.77.